The van der Waals surface area contributed by atoms with E-state index in [1.165, 1.54) is 25.7 Å². The van der Waals surface area contributed by atoms with Gasteiger partial charge in [0.25, 0.3) is 5.91 Å². The molecule has 3 atom stereocenters. The van der Waals surface area contributed by atoms with E-state index in [4.69, 9.17) is 9.47 Å². The Morgan fingerprint density at radius 1 is 1.00 bits per heavy atom. The predicted octanol–water partition coefficient (Wildman–Crippen LogP) is 3.32. The highest BCUT2D eigenvalue weighted by Gasteiger charge is 2.39. The Kier molecular flexibility index (Phi) is 7.91. The molecule has 1 saturated heterocycles. The van der Waals surface area contributed by atoms with E-state index in [1.54, 1.807) is 4.90 Å². The topological polar surface area (TPSA) is 97.0 Å². The van der Waals surface area contributed by atoms with Gasteiger partial charge in [-0.2, -0.15) is 0 Å². The number of carbonyl (C=O) groups excluding carboxylic acids is 3. The molecule has 0 radical (unpaired) electrons. The number of methoxy groups -OCH3 is 1. The fraction of sp³-hybridized carbons (Fsp3) is 0.679. The van der Waals surface area contributed by atoms with Crippen molar-refractivity contribution in [3.8, 4) is 5.75 Å². The molecule has 5 rings (SSSR count). The van der Waals surface area contributed by atoms with Gasteiger partial charge in [0, 0.05) is 31.7 Å². The van der Waals surface area contributed by atoms with Crippen LogP contribution in [0, 0.1) is 5.92 Å². The quantitative estimate of drug-likeness (QED) is 0.443. The summed E-state index contributed by atoms with van der Waals surface area (Å²) in [6, 6.07) is 5.40. The number of rotatable bonds is 7. The molecule has 8 nitrogen and oxygen atoms in total. The minimum absolute atomic E-state index is 0.101. The molecule has 3 amide bonds. The van der Waals surface area contributed by atoms with Crippen LogP contribution in [-0.4, -0.2) is 60.6 Å². The van der Waals surface area contributed by atoms with Crippen molar-refractivity contribution in [1.29, 1.82) is 0 Å². The normalized spacial score (nSPS) is 31.1. The summed E-state index contributed by atoms with van der Waals surface area (Å²) in [5.41, 5.74) is 1.50. The number of carbonyl (C=O) groups is 3. The van der Waals surface area contributed by atoms with Gasteiger partial charge >= 0.3 is 0 Å². The first-order chi connectivity index (χ1) is 17.5. The monoisotopic (exact) mass is 497 g/mol. The molecule has 2 aliphatic heterocycles. The molecule has 2 saturated carbocycles. The second kappa shape index (κ2) is 11.3. The summed E-state index contributed by atoms with van der Waals surface area (Å²) in [5.74, 6) is 0.677. The van der Waals surface area contributed by atoms with Gasteiger partial charge in [-0.05, 0) is 87.6 Å². The van der Waals surface area contributed by atoms with E-state index in [2.05, 4.69) is 10.6 Å². The third-order valence-electron chi connectivity index (χ3n) is 8.53. The summed E-state index contributed by atoms with van der Waals surface area (Å²) in [7, 11) is 1.82. The van der Waals surface area contributed by atoms with E-state index < -0.39 is 6.04 Å². The lowest BCUT2D eigenvalue weighted by molar-refractivity contribution is -0.136. The summed E-state index contributed by atoms with van der Waals surface area (Å²) in [6.07, 6.45) is 11.6. The molecule has 8 heteroatoms. The highest BCUT2D eigenvalue weighted by atomic mass is 16.5. The smallest absolute Gasteiger partial charge is 0.255 e. The summed E-state index contributed by atoms with van der Waals surface area (Å²) in [5, 5.41) is 6.21. The van der Waals surface area contributed by atoms with E-state index in [1.807, 2.05) is 25.3 Å². The molecule has 3 fully saturated rings. The van der Waals surface area contributed by atoms with Gasteiger partial charge in [0.05, 0.1) is 6.10 Å². The molecule has 0 spiro atoms. The van der Waals surface area contributed by atoms with E-state index in [0.29, 0.717) is 36.6 Å². The van der Waals surface area contributed by atoms with Crippen LogP contribution in [0.25, 0.3) is 0 Å². The average Bonchev–Trinajstić information content (AvgIpc) is 3.04. The van der Waals surface area contributed by atoms with Gasteiger partial charge < -0.3 is 19.7 Å². The first-order valence-corrected chi connectivity index (χ1v) is 13.7. The minimum atomic E-state index is -0.596. The van der Waals surface area contributed by atoms with Crippen molar-refractivity contribution in [2.45, 2.75) is 101 Å². The minimum Gasteiger partial charge on any atom is -0.489 e. The van der Waals surface area contributed by atoms with E-state index in [-0.39, 0.29) is 30.2 Å². The predicted molar refractivity (Wildman–Crippen MR) is 135 cm³/mol. The Labute approximate surface area is 213 Å². The third-order valence-corrected chi connectivity index (χ3v) is 8.53. The van der Waals surface area contributed by atoms with Crippen molar-refractivity contribution in [1.82, 2.24) is 15.5 Å². The lowest BCUT2D eigenvalue weighted by Gasteiger charge is -2.32. The number of hydrogen-bond donors (Lipinski definition) is 2. The Balaban J connectivity index is 1.21. The molecular formula is C28H39N3O5. The fourth-order valence-electron chi connectivity index (χ4n) is 6.34. The van der Waals surface area contributed by atoms with Gasteiger partial charge in [0.15, 0.2) is 0 Å². The maximum absolute atomic E-state index is 13.0. The van der Waals surface area contributed by atoms with Crippen molar-refractivity contribution < 1.29 is 23.9 Å². The zero-order valence-corrected chi connectivity index (χ0v) is 21.3. The maximum atomic E-state index is 13.0. The standard InChI is InChI=1S/C28H39N3O5/c1-35-20-9-7-18(8-10-20)16-29-23-5-3-2-4-6-25(23)36-21-11-12-22-19(15-21)17-31(28(22)34)24-13-14-26(32)30-27(24)33/h11-12,15,18,20,23-25,29H,2-10,13-14,16-17H2,1H3,(H,30,32,33)/t18-,20-,23-,24?,25-/m0/s1. The molecular weight excluding hydrogens is 458 g/mol. The number of nitrogens with one attached hydrogen (secondary N) is 2. The second-order valence-electron chi connectivity index (χ2n) is 10.9. The van der Waals surface area contributed by atoms with Crippen LogP contribution >= 0.6 is 0 Å². The van der Waals surface area contributed by atoms with Crippen LogP contribution in [0.3, 0.4) is 0 Å². The Morgan fingerprint density at radius 3 is 2.58 bits per heavy atom. The summed E-state index contributed by atoms with van der Waals surface area (Å²) < 4.78 is 12.1. The number of hydrogen-bond acceptors (Lipinski definition) is 6. The second-order valence-corrected chi connectivity index (χ2v) is 10.9. The summed E-state index contributed by atoms with van der Waals surface area (Å²) in [6.45, 7) is 1.40. The van der Waals surface area contributed by atoms with Gasteiger partial charge in [-0.15, -0.1) is 0 Å². The highest BCUT2D eigenvalue weighted by molar-refractivity contribution is 6.05. The molecule has 2 heterocycles. The van der Waals surface area contributed by atoms with Crippen molar-refractivity contribution in [2.24, 2.45) is 5.92 Å². The van der Waals surface area contributed by atoms with Gasteiger partial charge in [-0.3, -0.25) is 19.7 Å². The van der Waals surface area contributed by atoms with Crippen LogP contribution in [-0.2, 0) is 20.9 Å². The summed E-state index contributed by atoms with van der Waals surface area (Å²) in [4.78, 5) is 38.4. The molecule has 2 aliphatic carbocycles. The Hall–Kier alpha value is -2.45. The number of ether oxygens (including phenoxy) is 2. The Bertz CT molecular complexity index is 974. The number of piperidine rings is 1. The van der Waals surface area contributed by atoms with Crippen LogP contribution in [0.5, 0.6) is 5.75 Å². The largest absolute Gasteiger partial charge is 0.489 e. The van der Waals surface area contributed by atoms with Gasteiger partial charge in [-0.1, -0.05) is 12.8 Å². The number of imide groups is 1. The molecule has 4 aliphatic rings. The summed E-state index contributed by atoms with van der Waals surface area (Å²) >= 11 is 0. The molecule has 1 aromatic rings. The molecule has 1 unspecified atom stereocenters. The van der Waals surface area contributed by atoms with Crippen LogP contribution in [0.1, 0.15) is 86.6 Å². The van der Waals surface area contributed by atoms with Gasteiger partial charge in [-0.25, -0.2) is 0 Å². The lowest BCUT2D eigenvalue weighted by Crippen LogP contribution is -2.52. The first kappa shape index (κ1) is 25.2. The van der Waals surface area contributed by atoms with Crippen molar-refractivity contribution in [3.05, 3.63) is 29.3 Å². The van der Waals surface area contributed by atoms with Crippen molar-refractivity contribution >= 4 is 17.7 Å². The highest BCUT2D eigenvalue weighted by Crippen LogP contribution is 2.32. The molecule has 36 heavy (non-hydrogen) atoms. The first-order valence-electron chi connectivity index (χ1n) is 13.7. The average molecular weight is 498 g/mol. The van der Waals surface area contributed by atoms with Crippen LogP contribution < -0.4 is 15.4 Å². The SMILES string of the molecule is CO[C@H]1CC[C@H](CN[C@H]2CCCCC[C@@H]2Oc2ccc3c(c2)CN(C2CCC(=O)NC2=O)C3=O)CC1. The number of fused-ring (bicyclic) bond motifs is 1. The number of amides is 3. The number of benzene rings is 1. The van der Waals surface area contributed by atoms with Crippen LogP contribution in [0.15, 0.2) is 18.2 Å². The van der Waals surface area contributed by atoms with Gasteiger partial charge in [0.1, 0.15) is 17.9 Å². The fourth-order valence-corrected chi connectivity index (χ4v) is 6.34. The molecule has 2 N–H and O–H groups in total. The lowest BCUT2D eigenvalue weighted by atomic mass is 9.87. The van der Waals surface area contributed by atoms with Crippen molar-refractivity contribution in [2.75, 3.05) is 13.7 Å². The molecule has 0 bridgehead atoms. The van der Waals surface area contributed by atoms with E-state index in [9.17, 15) is 14.4 Å². The molecule has 196 valence electrons. The maximum Gasteiger partial charge on any atom is 0.255 e. The molecule has 0 aromatic heterocycles. The van der Waals surface area contributed by atoms with Crippen molar-refractivity contribution in [3.63, 3.8) is 0 Å². The van der Waals surface area contributed by atoms with Crippen LogP contribution in [0.4, 0.5) is 0 Å². The van der Waals surface area contributed by atoms with Gasteiger partial charge in [0.2, 0.25) is 11.8 Å². The zero-order chi connectivity index (χ0) is 25.1. The van der Waals surface area contributed by atoms with E-state index in [0.717, 1.165) is 50.0 Å². The third kappa shape index (κ3) is 5.59. The van der Waals surface area contributed by atoms with Crippen LogP contribution in [0.2, 0.25) is 0 Å². The zero-order valence-electron chi connectivity index (χ0n) is 21.3. The number of nitrogens with zero attached hydrogens (tertiary/aromatic N) is 1. The van der Waals surface area contributed by atoms with E-state index >= 15 is 0 Å². The Morgan fingerprint density at radius 2 is 1.81 bits per heavy atom. The molecule has 1 aromatic carbocycles.